The molecule has 0 bridgehead atoms. The second kappa shape index (κ2) is 9.27. The molecule has 0 atom stereocenters. The summed E-state index contributed by atoms with van der Waals surface area (Å²) in [4.78, 5) is 4.22. The molecule has 0 aliphatic heterocycles. The molecule has 1 heterocycles. The van der Waals surface area contributed by atoms with Gasteiger partial charge < -0.3 is 5.32 Å². The van der Waals surface area contributed by atoms with Crippen LogP contribution in [-0.4, -0.2) is 25.7 Å². The lowest BCUT2D eigenvalue weighted by atomic mass is 10.1. The summed E-state index contributed by atoms with van der Waals surface area (Å²) in [6.45, 7) is 3.00. The number of aromatic nitrogens is 1. The summed E-state index contributed by atoms with van der Waals surface area (Å²) >= 11 is 0. The van der Waals surface area contributed by atoms with Gasteiger partial charge in [0.1, 0.15) is 5.82 Å². The average molecular weight is 347 g/mol. The van der Waals surface area contributed by atoms with Crippen molar-refractivity contribution in [3.63, 3.8) is 0 Å². The van der Waals surface area contributed by atoms with Crippen LogP contribution in [0.15, 0.2) is 48.7 Å². The molecule has 0 unspecified atom stereocenters. The van der Waals surface area contributed by atoms with E-state index in [2.05, 4.69) is 21.9 Å². The smallest absolute Gasteiger partial charge is 0.232 e. The van der Waals surface area contributed by atoms with Crippen molar-refractivity contribution in [2.45, 2.75) is 32.6 Å². The van der Waals surface area contributed by atoms with E-state index >= 15 is 0 Å². The summed E-state index contributed by atoms with van der Waals surface area (Å²) in [5, 5.41) is 3.20. The molecular formula is C18H25N3O2S. The van der Waals surface area contributed by atoms with Gasteiger partial charge in [-0.25, -0.2) is 13.4 Å². The van der Waals surface area contributed by atoms with Gasteiger partial charge in [-0.15, -0.1) is 0 Å². The molecule has 1 aromatic carbocycles. The van der Waals surface area contributed by atoms with Crippen molar-refractivity contribution in [3.05, 3.63) is 54.2 Å². The number of aryl methyl sites for hydroxylation is 1. The van der Waals surface area contributed by atoms with Crippen LogP contribution in [0.4, 0.5) is 11.5 Å². The summed E-state index contributed by atoms with van der Waals surface area (Å²) in [5.41, 5.74) is 1.65. The maximum absolute atomic E-state index is 12.1. The lowest BCUT2D eigenvalue weighted by molar-refractivity contribution is 0.598. The Labute approximate surface area is 144 Å². The number of benzene rings is 1. The van der Waals surface area contributed by atoms with E-state index in [1.165, 1.54) is 0 Å². The van der Waals surface area contributed by atoms with E-state index < -0.39 is 10.0 Å². The molecule has 24 heavy (non-hydrogen) atoms. The first kappa shape index (κ1) is 18.3. The van der Waals surface area contributed by atoms with Gasteiger partial charge in [0.15, 0.2) is 0 Å². The molecule has 1 aromatic heterocycles. The molecule has 5 nitrogen and oxygen atoms in total. The minimum atomic E-state index is -3.35. The van der Waals surface area contributed by atoms with Gasteiger partial charge in [-0.05, 0) is 37.0 Å². The summed E-state index contributed by atoms with van der Waals surface area (Å²) in [6.07, 6.45) is 5.08. The molecule has 6 heteroatoms. The normalized spacial score (nSPS) is 11.2. The van der Waals surface area contributed by atoms with E-state index in [-0.39, 0.29) is 5.75 Å². The monoisotopic (exact) mass is 347 g/mol. The lowest BCUT2D eigenvalue weighted by Crippen LogP contribution is -2.17. The van der Waals surface area contributed by atoms with Crippen LogP contribution < -0.4 is 10.0 Å². The molecule has 0 aliphatic rings. The predicted molar refractivity (Wildman–Crippen MR) is 99.8 cm³/mol. The second-order valence-electron chi connectivity index (χ2n) is 5.72. The quantitative estimate of drug-likeness (QED) is 0.643. The third kappa shape index (κ3) is 6.58. The van der Waals surface area contributed by atoms with Crippen molar-refractivity contribution >= 4 is 21.5 Å². The van der Waals surface area contributed by atoms with Crippen molar-refractivity contribution in [1.29, 1.82) is 0 Å². The Morgan fingerprint density at radius 1 is 1.04 bits per heavy atom. The summed E-state index contributed by atoms with van der Waals surface area (Å²) in [6, 6.07) is 13.4. The maximum atomic E-state index is 12.1. The van der Waals surface area contributed by atoms with Gasteiger partial charge in [-0.3, -0.25) is 4.72 Å². The number of sulfonamides is 1. The predicted octanol–water partition coefficient (Wildman–Crippen LogP) is 3.67. The Hall–Kier alpha value is -2.08. The molecule has 0 saturated carbocycles. The van der Waals surface area contributed by atoms with Crippen LogP contribution in [0.3, 0.4) is 0 Å². The zero-order valence-corrected chi connectivity index (χ0v) is 14.8. The molecule has 2 aromatic rings. The van der Waals surface area contributed by atoms with Gasteiger partial charge in [-0.2, -0.15) is 0 Å². The third-order valence-corrected chi connectivity index (χ3v) is 4.97. The van der Waals surface area contributed by atoms with Crippen LogP contribution in [0, 0.1) is 0 Å². The number of nitrogens with zero attached hydrogens (tertiary/aromatic N) is 1. The van der Waals surface area contributed by atoms with Gasteiger partial charge in [0.05, 0.1) is 17.6 Å². The Morgan fingerprint density at radius 3 is 2.50 bits per heavy atom. The zero-order chi connectivity index (χ0) is 17.3. The highest BCUT2D eigenvalue weighted by Crippen LogP contribution is 2.12. The number of unbranched alkanes of at least 4 members (excludes halogenated alkanes) is 1. The maximum Gasteiger partial charge on any atom is 0.232 e. The van der Waals surface area contributed by atoms with Crippen LogP contribution in [0.1, 0.15) is 31.7 Å². The van der Waals surface area contributed by atoms with Crippen molar-refractivity contribution in [3.8, 4) is 0 Å². The molecule has 0 aliphatic carbocycles. The Balaban J connectivity index is 1.80. The highest BCUT2D eigenvalue weighted by molar-refractivity contribution is 7.92. The van der Waals surface area contributed by atoms with Crippen molar-refractivity contribution < 1.29 is 8.42 Å². The topological polar surface area (TPSA) is 71.1 Å². The first-order valence-electron chi connectivity index (χ1n) is 8.33. The molecular weight excluding hydrogens is 322 g/mol. The van der Waals surface area contributed by atoms with Crippen LogP contribution in [0.25, 0.3) is 0 Å². The zero-order valence-electron chi connectivity index (χ0n) is 14.0. The summed E-state index contributed by atoms with van der Waals surface area (Å²) in [5.74, 6) is 0.855. The van der Waals surface area contributed by atoms with Gasteiger partial charge in [-0.1, -0.05) is 43.7 Å². The van der Waals surface area contributed by atoms with Crippen LogP contribution >= 0.6 is 0 Å². The fourth-order valence-electron chi connectivity index (χ4n) is 2.29. The number of pyridine rings is 1. The Morgan fingerprint density at radius 2 is 1.83 bits per heavy atom. The van der Waals surface area contributed by atoms with Gasteiger partial charge in [0.2, 0.25) is 10.0 Å². The van der Waals surface area contributed by atoms with E-state index in [0.29, 0.717) is 12.1 Å². The first-order chi connectivity index (χ1) is 11.6. The molecule has 2 rings (SSSR count). The van der Waals surface area contributed by atoms with Gasteiger partial charge in [0, 0.05) is 6.54 Å². The second-order valence-corrected chi connectivity index (χ2v) is 7.56. The number of hydrogen-bond acceptors (Lipinski definition) is 4. The minimum absolute atomic E-state index is 0.0956. The average Bonchev–Trinajstić information content (AvgIpc) is 2.57. The molecule has 130 valence electrons. The molecule has 2 N–H and O–H groups in total. The summed E-state index contributed by atoms with van der Waals surface area (Å²) in [7, 11) is -3.35. The molecule has 0 radical (unpaired) electrons. The van der Waals surface area contributed by atoms with Gasteiger partial charge >= 0.3 is 0 Å². The minimum Gasteiger partial charge on any atom is -0.370 e. The standard InChI is InChI=1S/C18H25N3O2S/c1-2-3-13-19-18-12-11-17(15-20-18)21-24(22,23)14-7-10-16-8-5-4-6-9-16/h4-6,8-9,11-12,15,21H,2-3,7,10,13-14H2,1H3,(H,19,20). The first-order valence-corrected chi connectivity index (χ1v) is 9.98. The van der Waals surface area contributed by atoms with Crippen molar-refractivity contribution in [1.82, 2.24) is 4.98 Å². The molecule has 0 amide bonds. The van der Waals surface area contributed by atoms with E-state index in [9.17, 15) is 8.42 Å². The van der Waals surface area contributed by atoms with E-state index in [1.54, 1.807) is 18.3 Å². The Bertz CT molecular complexity index is 701. The highest BCUT2D eigenvalue weighted by atomic mass is 32.2. The van der Waals surface area contributed by atoms with Crippen molar-refractivity contribution in [2.75, 3.05) is 22.3 Å². The number of nitrogens with one attached hydrogen (secondary N) is 2. The van der Waals surface area contributed by atoms with E-state index in [1.807, 2.05) is 30.3 Å². The fourth-order valence-corrected chi connectivity index (χ4v) is 3.40. The fraction of sp³-hybridized carbons (Fsp3) is 0.389. The van der Waals surface area contributed by atoms with Crippen LogP contribution in [0.2, 0.25) is 0 Å². The molecule has 0 spiro atoms. The number of anilines is 2. The third-order valence-electron chi connectivity index (χ3n) is 3.59. The molecule has 0 fully saturated rings. The van der Waals surface area contributed by atoms with E-state index in [4.69, 9.17) is 0 Å². The van der Waals surface area contributed by atoms with E-state index in [0.717, 1.165) is 37.2 Å². The van der Waals surface area contributed by atoms with Crippen LogP contribution in [0.5, 0.6) is 0 Å². The van der Waals surface area contributed by atoms with Crippen LogP contribution in [-0.2, 0) is 16.4 Å². The lowest BCUT2D eigenvalue weighted by Gasteiger charge is -2.09. The van der Waals surface area contributed by atoms with Gasteiger partial charge in [0.25, 0.3) is 0 Å². The number of rotatable bonds is 10. The highest BCUT2D eigenvalue weighted by Gasteiger charge is 2.10. The summed E-state index contributed by atoms with van der Waals surface area (Å²) < 4.78 is 26.8. The number of hydrogen-bond donors (Lipinski definition) is 2. The largest absolute Gasteiger partial charge is 0.370 e. The SMILES string of the molecule is CCCCNc1ccc(NS(=O)(=O)CCCc2ccccc2)cn1. The van der Waals surface area contributed by atoms with Crippen molar-refractivity contribution in [2.24, 2.45) is 0 Å². The molecule has 0 saturated heterocycles. The Kier molecular flexibility index (Phi) is 7.06.